The topological polar surface area (TPSA) is 207 Å². The number of ether oxygens (including phenoxy) is 4. The van der Waals surface area contributed by atoms with Gasteiger partial charge in [-0.15, -0.1) is 0 Å². The molecule has 1 fully saturated rings. The van der Waals surface area contributed by atoms with Crippen LogP contribution in [0.1, 0.15) is 6.92 Å². The van der Waals surface area contributed by atoms with Crippen molar-refractivity contribution in [3.05, 3.63) is 30.3 Å². The van der Waals surface area contributed by atoms with Crippen LogP contribution in [0.5, 0.6) is 34.5 Å². The number of carbonyl (C=O) groups excluding carboxylic acids is 1. The fourth-order valence-electron chi connectivity index (χ4n) is 3.86. The molecule has 5 atom stereocenters. The van der Waals surface area contributed by atoms with Crippen molar-refractivity contribution < 1.29 is 63.9 Å². The van der Waals surface area contributed by atoms with Gasteiger partial charge in [-0.3, -0.25) is 4.79 Å². The number of hydrogen-bond donors (Lipinski definition) is 7. The van der Waals surface area contributed by atoms with Gasteiger partial charge in [0.1, 0.15) is 41.3 Å². The lowest BCUT2D eigenvalue weighted by atomic mass is 9.99. The van der Waals surface area contributed by atoms with E-state index in [4.69, 9.17) is 23.4 Å². The first kappa shape index (κ1) is 26.2. The van der Waals surface area contributed by atoms with E-state index in [1.165, 1.54) is 32.2 Å². The molecule has 0 amide bonds. The standard InChI is InChI=1S/C24H24O13/c1-9(26)34-11-5-13(27)12-7-17(36-24-22(32)21(31)20(30)18(8-25)37-24)23(35-15(12)6-11)10-3-14(28)19(29)16(4-10)33-2/h3-7,18,20-22,24-25,30-32H,8H2,1-2H3,(H2-,27,28,29)/p+1/t18-,20-,21+,22-,24-/m1/s1. The van der Waals surface area contributed by atoms with Crippen LogP contribution in [-0.2, 0) is 9.53 Å². The van der Waals surface area contributed by atoms with Gasteiger partial charge in [0, 0.05) is 31.2 Å². The summed E-state index contributed by atoms with van der Waals surface area (Å²) in [4.78, 5) is 11.4. The summed E-state index contributed by atoms with van der Waals surface area (Å²) >= 11 is 0. The fourth-order valence-corrected chi connectivity index (χ4v) is 3.86. The Morgan fingerprint density at radius 2 is 1.70 bits per heavy atom. The van der Waals surface area contributed by atoms with E-state index in [0.29, 0.717) is 0 Å². The summed E-state index contributed by atoms with van der Waals surface area (Å²) in [6.07, 6.45) is -7.99. The monoisotopic (exact) mass is 521 g/mol. The van der Waals surface area contributed by atoms with Gasteiger partial charge in [0.15, 0.2) is 11.5 Å². The van der Waals surface area contributed by atoms with E-state index in [1.807, 2.05) is 0 Å². The van der Waals surface area contributed by atoms with Gasteiger partial charge in [-0.2, -0.15) is 0 Å². The number of carbonyl (C=O) groups is 1. The molecule has 3 aromatic rings. The first-order valence-electron chi connectivity index (χ1n) is 10.9. The second kappa shape index (κ2) is 10.2. The molecular formula is C24H25O13+. The highest BCUT2D eigenvalue weighted by Gasteiger charge is 2.45. The van der Waals surface area contributed by atoms with Gasteiger partial charge in [-0.1, -0.05) is 0 Å². The van der Waals surface area contributed by atoms with Crippen LogP contribution in [0.15, 0.2) is 34.7 Å². The van der Waals surface area contributed by atoms with Crippen molar-refractivity contribution >= 4 is 16.9 Å². The summed E-state index contributed by atoms with van der Waals surface area (Å²) < 4.78 is 27.2. The second-order valence-corrected chi connectivity index (χ2v) is 8.25. The highest BCUT2D eigenvalue weighted by molar-refractivity contribution is 5.89. The second-order valence-electron chi connectivity index (χ2n) is 8.25. The molecule has 0 radical (unpaired) electrons. The van der Waals surface area contributed by atoms with E-state index < -0.39 is 54.8 Å². The summed E-state index contributed by atoms with van der Waals surface area (Å²) in [6.45, 7) is 0.481. The molecule has 1 aromatic heterocycles. The Balaban J connectivity index is 1.89. The van der Waals surface area contributed by atoms with Gasteiger partial charge in [0.05, 0.1) is 25.3 Å². The van der Waals surface area contributed by atoms with Crippen LogP contribution in [0.25, 0.3) is 22.3 Å². The zero-order valence-electron chi connectivity index (χ0n) is 19.6. The molecular weight excluding hydrogens is 496 g/mol. The molecule has 2 heterocycles. The van der Waals surface area contributed by atoms with E-state index in [0.717, 1.165) is 12.1 Å². The van der Waals surface area contributed by atoms with Crippen LogP contribution < -0.4 is 14.2 Å². The van der Waals surface area contributed by atoms with E-state index >= 15 is 0 Å². The van der Waals surface area contributed by atoms with Gasteiger partial charge in [-0.25, -0.2) is 4.42 Å². The summed E-state index contributed by atoms with van der Waals surface area (Å²) in [5.41, 5.74) is 0.116. The first-order valence-corrected chi connectivity index (χ1v) is 10.9. The molecule has 13 nitrogen and oxygen atoms in total. The molecule has 0 bridgehead atoms. The molecule has 1 aliphatic rings. The lowest BCUT2D eigenvalue weighted by molar-refractivity contribution is -0.277. The van der Waals surface area contributed by atoms with Gasteiger partial charge < -0.3 is 54.7 Å². The Hall–Kier alpha value is -3.88. The van der Waals surface area contributed by atoms with E-state index in [9.17, 15) is 40.5 Å². The molecule has 4 rings (SSSR count). The van der Waals surface area contributed by atoms with Crippen LogP contribution in [0.3, 0.4) is 0 Å². The van der Waals surface area contributed by atoms with E-state index in [1.54, 1.807) is 0 Å². The smallest absolute Gasteiger partial charge is 0.402 e. The molecule has 13 heteroatoms. The number of rotatable bonds is 6. The van der Waals surface area contributed by atoms with Crippen molar-refractivity contribution in [2.75, 3.05) is 13.7 Å². The lowest BCUT2D eigenvalue weighted by Crippen LogP contribution is -2.60. The van der Waals surface area contributed by atoms with Crippen LogP contribution >= 0.6 is 0 Å². The number of aliphatic hydroxyl groups excluding tert-OH is 4. The Labute approximate surface area is 208 Å². The highest BCUT2D eigenvalue weighted by Crippen LogP contribution is 2.45. The fraction of sp³-hybridized carbons (Fsp3) is 0.333. The Bertz CT molecular complexity index is 1320. The molecule has 0 spiro atoms. The molecule has 0 saturated carbocycles. The zero-order valence-corrected chi connectivity index (χ0v) is 19.6. The number of esters is 1. The van der Waals surface area contributed by atoms with Gasteiger partial charge in [0.25, 0.3) is 0 Å². The van der Waals surface area contributed by atoms with Crippen molar-refractivity contribution in [3.63, 3.8) is 0 Å². The van der Waals surface area contributed by atoms with Crippen molar-refractivity contribution in [3.8, 4) is 45.8 Å². The highest BCUT2D eigenvalue weighted by atomic mass is 16.7. The quantitative estimate of drug-likeness (QED) is 0.103. The average molecular weight is 521 g/mol. The van der Waals surface area contributed by atoms with Crippen molar-refractivity contribution in [2.24, 2.45) is 0 Å². The minimum absolute atomic E-state index is 0.0129. The normalized spacial score (nSPS) is 23.6. The third kappa shape index (κ3) is 5.03. The maximum Gasteiger partial charge on any atom is 0.402 e. The van der Waals surface area contributed by atoms with Gasteiger partial charge in [0.2, 0.25) is 17.8 Å². The Kier molecular flexibility index (Phi) is 7.25. The van der Waals surface area contributed by atoms with E-state index in [2.05, 4.69) is 0 Å². The first-order chi connectivity index (χ1) is 17.5. The van der Waals surface area contributed by atoms with Crippen LogP contribution in [0, 0.1) is 0 Å². The zero-order chi connectivity index (χ0) is 27.0. The molecule has 198 valence electrons. The maximum absolute atomic E-state index is 11.4. The number of methoxy groups -OCH3 is 1. The third-order valence-corrected chi connectivity index (χ3v) is 5.70. The molecule has 1 aliphatic heterocycles. The lowest BCUT2D eigenvalue weighted by Gasteiger charge is -2.39. The molecule has 0 aliphatic carbocycles. The number of aliphatic hydroxyl groups is 4. The van der Waals surface area contributed by atoms with E-state index in [-0.39, 0.29) is 45.3 Å². The number of aromatic hydroxyl groups is 3. The van der Waals surface area contributed by atoms with Crippen LogP contribution in [0.4, 0.5) is 0 Å². The summed E-state index contributed by atoms with van der Waals surface area (Å²) in [5, 5.41) is 70.9. The summed E-state index contributed by atoms with van der Waals surface area (Å²) in [7, 11) is 1.25. The third-order valence-electron chi connectivity index (χ3n) is 5.70. The minimum atomic E-state index is -1.76. The Morgan fingerprint density at radius 3 is 2.35 bits per heavy atom. The minimum Gasteiger partial charge on any atom is -0.507 e. The van der Waals surface area contributed by atoms with Crippen molar-refractivity contribution in [1.82, 2.24) is 0 Å². The van der Waals surface area contributed by atoms with Crippen molar-refractivity contribution in [2.45, 2.75) is 37.6 Å². The summed E-state index contributed by atoms with van der Waals surface area (Å²) in [6, 6.07) is 6.19. The predicted molar refractivity (Wildman–Crippen MR) is 123 cm³/mol. The van der Waals surface area contributed by atoms with Crippen molar-refractivity contribution in [1.29, 1.82) is 0 Å². The number of phenols is 3. The number of benzene rings is 2. The number of fused-ring (bicyclic) bond motifs is 1. The largest absolute Gasteiger partial charge is 0.507 e. The van der Waals surface area contributed by atoms with Crippen LogP contribution in [-0.4, -0.2) is 86.1 Å². The number of hydrogen-bond acceptors (Lipinski definition) is 12. The van der Waals surface area contributed by atoms with Gasteiger partial charge in [-0.05, 0) is 0 Å². The predicted octanol–water partition coefficient (Wildman–Crippen LogP) is 0.610. The SMILES string of the molecule is COc1cc(-c2[o+]c3cc(OC(C)=O)cc(O)c3cc2O[C@@H]2O[C@H](CO)[C@@H](O)[C@H](O)[C@H]2O)cc(O)c1O. The molecule has 37 heavy (non-hydrogen) atoms. The molecule has 1 saturated heterocycles. The average Bonchev–Trinajstić information content (AvgIpc) is 2.85. The molecule has 7 N–H and O–H groups in total. The maximum atomic E-state index is 11.4. The Morgan fingerprint density at radius 1 is 0.973 bits per heavy atom. The number of phenolic OH excluding ortho intramolecular Hbond substituents is 3. The van der Waals surface area contributed by atoms with Gasteiger partial charge >= 0.3 is 17.3 Å². The summed E-state index contributed by atoms with van der Waals surface area (Å²) in [5.74, 6) is -2.58. The molecule has 2 aromatic carbocycles. The molecule has 0 unspecified atom stereocenters. The van der Waals surface area contributed by atoms with Crippen LogP contribution in [0.2, 0.25) is 0 Å².